The third-order valence-electron chi connectivity index (χ3n) is 18.4. The van der Waals surface area contributed by atoms with Crippen LogP contribution in [0.1, 0.15) is 0 Å². The van der Waals surface area contributed by atoms with Crippen molar-refractivity contribution in [1.82, 2.24) is 9.13 Å². The molecule has 0 aliphatic rings. The summed E-state index contributed by atoms with van der Waals surface area (Å²) in [5.41, 5.74) is 20.1. The van der Waals surface area contributed by atoms with Crippen molar-refractivity contribution in [3.05, 3.63) is 303 Å². The smallest absolute Gasteiger partial charge is 0.161 e. The number of thiophene rings is 2. The number of aromatic nitrogens is 2. The predicted molar refractivity (Wildman–Crippen MR) is 384 cm³/mol. The molecule has 0 saturated carbocycles. The Hall–Kier alpha value is -11.3. The molecule has 4 nitrogen and oxygen atoms in total. The van der Waals surface area contributed by atoms with E-state index in [9.17, 15) is 0 Å². The Morgan fingerprint density at radius 1 is 0.244 bits per heavy atom. The highest BCUT2D eigenvalue weighted by molar-refractivity contribution is 7.26. The molecule has 20 rings (SSSR count). The van der Waals surface area contributed by atoms with Gasteiger partial charge in [0.05, 0.1) is 11.0 Å². The largest absolute Gasteiger partial charge is 0.454 e. The summed E-state index contributed by atoms with van der Waals surface area (Å²) >= 11 is 3.76. The molecular formula is C84H50N2O2S2. The van der Waals surface area contributed by atoms with Gasteiger partial charge in [0.2, 0.25) is 0 Å². The number of hydrogen-bond donors (Lipinski definition) is 0. The van der Waals surface area contributed by atoms with Gasteiger partial charge in [0.1, 0.15) is 22.2 Å². The lowest BCUT2D eigenvalue weighted by atomic mass is 9.93. The van der Waals surface area contributed by atoms with E-state index in [1.807, 2.05) is 22.7 Å². The van der Waals surface area contributed by atoms with E-state index in [0.717, 1.165) is 77.3 Å². The molecule has 0 unspecified atom stereocenters. The Labute approximate surface area is 524 Å². The first-order chi connectivity index (χ1) is 44.6. The van der Waals surface area contributed by atoms with Crippen LogP contribution in [0.5, 0.6) is 0 Å². The van der Waals surface area contributed by atoms with Crippen molar-refractivity contribution >= 4 is 151 Å². The van der Waals surface area contributed by atoms with E-state index < -0.39 is 0 Å². The Morgan fingerprint density at radius 2 is 0.656 bits per heavy atom. The highest BCUT2D eigenvalue weighted by Crippen LogP contribution is 2.47. The lowest BCUT2D eigenvalue weighted by Crippen LogP contribution is -1.93. The minimum Gasteiger partial charge on any atom is -0.454 e. The topological polar surface area (TPSA) is 36.1 Å². The third kappa shape index (κ3) is 7.92. The maximum atomic E-state index is 6.56. The van der Waals surface area contributed by atoms with E-state index >= 15 is 0 Å². The Balaban J connectivity index is 0.000000130. The van der Waals surface area contributed by atoms with Crippen LogP contribution in [0, 0.1) is 0 Å². The summed E-state index contributed by atoms with van der Waals surface area (Å²) in [5, 5.41) is 15.0. The first kappa shape index (κ1) is 50.8. The molecule has 0 saturated heterocycles. The van der Waals surface area contributed by atoms with Crippen molar-refractivity contribution in [1.29, 1.82) is 0 Å². The maximum absolute atomic E-state index is 6.56. The summed E-state index contributed by atoms with van der Waals surface area (Å²) < 4.78 is 23.1. The zero-order valence-electron chi connectivity index (χ0n) is 48.4. The molecule has 0 atom stereocenters. The molecule has 14 aromatic carbocycles. The summed E-state index contributed by atoms with van der Waals surface area (Å²) in [5.74, 6) is 0. The molecule has 0 aliphatic carbocycles. The second-order valence-electron chi connectivity index (χ2n) is 23.4. The normalized spacial score (nSPS) is 12.0. The van der Waals surface area contributed by atoms with Gasteiger partial charge < -0.3 is 18.0 Å². The molecule has 0 spiro atoms. The monoisotopic (exact) mass is 1180 g/mol. The van der Waals surface area contributed by atoms with E-state index in [1.54, 1.807) is 0 Å². The molecule has 0 N–H and O–H groups in total. The summed E-state index contributed by atoms with van der Waals surface area (Å²) in [6, 6.07) is 109. The van der Waals surface area contributed by atoms with E-state index in [-0.39, 0.29) is 0 Å². The zero-order chi connectivity index (χ0) is 59.0. The van der Waals surface area contributed by atoms with Crippen LogP contribution in [0.4, 0.5) is 0 Å². The van der Waals surface area contributed by atoms with Crippen LogP contribution >= 0.6 is 22.7 Å². The lowest BCUT2D eigenvalue weighted by Gasteiger charge is -2.11. The number of fused-ring (bicyclic) bond motifs is 19. The predicted octanol–water partition coefficient (Wildman–Crippen LogP) is 24.8. The van der Waals surface area contributed by atoms with E-state index in [4.69, 9.17) is 8.83 Å². The minimum absolute atomic E-state index is 0.899. The molecule has 0 fully saturated rings. The molecule has 6 heterocycles. The number of rotatable bonds is 6. The number of para-hydroxylation sites is 4. The minimum atomic E-state index is 0.899. The standard InChI is InChI=1S/2C42H25NOS/c1-2-12-30(13-3-1)43-37-17-9-8-16-34(37)42-41(43)36-23-28(19-21-38(36)44-42)31-14-6-7-15-32(31)29-18-20-33-35-22-26-10-4-5-11-27(26)24-40(35)45-39(33)25-29;1-2-11-29(12-3-1)43-36-17-9-8-16-33(36)42-41(43)35-24-27(19-22-37(35)44-42)30-13-6-7-14-31(30)28-18-21-34-39(25-28)45-38-23-20-26-10-4-5-15-32(26)40(34)38/h2*1-25H. The van der Waals surface area contributed by atoms with Gasteiger partial charge in [-0.2, -0.15) is 0 Å². The molecule has 420 valence electrons. The third-order valence-corrected chi connectivity index (χ3v) is 20.6. The van der Waals surface area contributed by atoms with Gasteiger partial charge in [0.15, 0.2) is 11.2 Å². The van der Waals surface area contributed by atoms with Crippen LogP contribution in [0.3, 0.4) is 0 Å². The van der Waals surface area contributed by atoms with Gasteiger partial charge in [0.25, 0.3) is 0 Å². The lowest BCUT2D eigenvalue weighted by molar-refractivity contribution is 0.672. The van der Waals surface area contributed by atoms with Crippen molar-refractivity contribution in [3.63, 3.8) is 0 Å². The molecule has 0 amide bonds. The first-order valence-corrected chi connectivity index (χ1v) is 32.2. The van der Waals surface area contributed by atoms with Gasteiger partial charge in [-0.25, -0.2) is 0 Å². The van der Waals surface area contributed by atoms with E-state index in [2.05, 4.69) is 312 Å². The molecule has 6 aromatic heterocycles. The summed E-state index contributed by atoms with van der Waals surface area (Å²) in [4.78, 5) is 0. The Morgan fingerprint density at radius 3 is 1.21 bits per heavy atom. The fourth-order valence-electron chi connectivity index (χ4n) is 14.3. The first-order valence-electron chi connectivity index (χ1n) is 30.5. The number of hydrogen-bond acceptors (Lipinski definition) is 4. The summed E-state index contributed by atoms with van der Waals surface area (Å²) in [6.45, 7) is 0. The van der Waals surface area contributed by atoms with E-state index in [0.29, 0.717) is 0 Å². The molecule has 90 heavy (non-hydrogen) atoms. The Kier molecular flexibility index (Phi) is 11.4. The van der Waals surface area contributed by atoms with Crippen LogP contribution in [-0.4, -0.2) is 9.13 Å². The van der Waals surface area contributed by atoms with Crippen molar-refractivity contribution in [2.24, 2.45) is 0 Å². The zero-order valence-corrected chi connectivity index (χ0v) is 50.0. The molecule has 20 aromatic rings. The van der Waals surface area contributed by atoms with Crippen molar-refractivity contribution < 1.29 is 8.83 Å². The fourth-order valence-corrected chi connectivity index (χ4v) is 16.6. The van der Waals surface area contributed by atoms with Crippen molar-refractivity contribution in [2.75, 3.05) is 0 Å². The van der Waals surface area contributed by atoms with E-state index in [1.165, 1.54) is 106 Å². The van der Waals surface area contributed by atoms with Gasteiger partial charge in [-0.3, -0.25) is 0 Å². The van der Waals surface area contributed by atoms with Gasteiger partial charge in [-0.1, -0.05) is 200 Å². The maximum Gasteiger partial charge on any atom is 0.161 e. The van der Waals surface area contributed by atoms with Gasteiger partial charge >= 0.3 is 0 Å². The highest BCUT2D eigenvalue weighted by Gasteiger charge is 2.23. The molecule has 0 aliphatic heterocycles. The van der Waals surface area contributed by atoms with Crippen LogP contribution in [-0.2, 0) is 0 Å². The van der Waals surface area contributed by atoms with Gasteiger partial charge in [0, 0.05) is 73.3 Å². The average Bonchev–Trinajstić information content (AvgIpc) is 1.66. The van der Waals surface area contributed by atoms with Crippen LogP contribution < -0.4 is 0 Å². The number of benzene rings is 14. The van der Waals surface area contributed by atoms with Crippen LogP contribution in [0.2, 0.25) is 0 Å². The highest BCUT2D eigenvalue weighted by atomic mass is 32.1. The summed E-state index contributed by atoms with van der Waals surface area (Å²) in [6.07, 6.45) is 0. The number of furan rings is 2. The van der Waals surface area contributed by atoms with Crippen molar-refractivity contribution in [2.45, 2.75) is 0 Å². The van der Waals surface area contributed by atoms with Gasteiger partial charge in [-0.05, 0) is 169 Å². The van der Waals surface area contributed by atoms with Gasteiger partial charge in [-0.15, -0.1) is 22.7 Å². The molecule has 0 radical (unpaired) electrons. The second-order valence-corrected chi connectivity index (χ2v) is 25.6. The summed E-state index contributed by atoms with van der Waals surface area (Å²) in [7, 11) is 0. The quantitative estimate of drug-likeness (QED) is 0.166. The van der Waals surface area contributed by atoms with Crippen LogP contribution in [0.15, 0.2) is 312 Å². The van der Waals surface area contributed by atoms with Crippen LogP contribution in [0.25, 0.3) is 184 Å². The molecular weight excluding hydrogens is 1130 g/mol. The average molecular weight is 1180 g/mol. The second kappa shape index (κ2) is 20.1. The molecule has 6 heteroatoms. The fraction of sp³-hybridized carbons (Fsp3) is 0. The SMILES string of the molecule is c1ccc(-n2c3ccccc3c3oc4ccc(-c5ccccc5-c5ccc6c(c5)sc5cc7ccccc7cc56)cc4c32)cc1.c1ccc(-n2c3ccccc3c3oc4ccc(-c5ccccc5-c5ccc6c(c5)sc5ccc7ccccc7c56)cc4c32)cc1. The number of nitrogens with zero attached hydrogens (tertiary/aromatic N) is 2. The van der Waals surface area contributed by atoms with Crippen molar-refractivity contribution in [3.8, 4) is 55.9 Å². The Bertz CT molecular complexity index is 6280. The molecule has 0 bridgehead atoms.